The highest BCUT2D eigenvalue weighted by molar-refractivity contribution is 7.89. The van der Waals surface area contributed by atoms with Crippen LogP contribution in [0.2, 0.25) is 0 Å². The molecule has 21 heavy (non-hydrogen) atoms. The van der Waals surface area contributed by atoms with E-state index in [1.807, 2.05) is 0 Å². The van der Waals surface area contributed by atoms with Gasteiger partial charge in [-0.25, -0.2) is 17.9 Å². The Hall–Kier alpha value is -1.60. The monoisotopic (exact) mass is 311 g/mol. The Morgan fingerprint density at radius 2 is 1.76 bits per heavy atom. The summed E-state index contributed by atoms with van der Waals surface area (Å²) < 4.78 is 30.0. The summed E-state index contributed by atoms with van der Waals surface area (Å²) in [5.41, 5.74) is 1.15. The molecule has 0 aliphatic rings. The van der Waals surface area contributed by atoms with E-state index in [4.69, 9.17) is 0 Å². The molecule has 2 aromatic rings. The first-order chi connectivity index (χ1) is 9.88. The van der Waals surface area contributed by atoms with Gasteiger partial charge in [0.25, 0.3) is 0 Å². The maximum Gasteiger partial charge on any atom is 0.328 e. The van der Waals surface area contributed by atoms with Crippen LogP contribution in [0.25, 0.3) is 11.0 Å². The van der Waals surface area contributed by atoms with Crippen molar-refractivity contribution in [1.82, 2.24) is 13.9 Å². The van der Waals surface area contributed by atoms with Gasteiger partial charge in [-0.05, 0) is 24.6 Å². The van der Waals surface area contributed by atoms with Gasteiger partial charge in [-0.2, -0.15) is 0 Å². The van der Waals surface area contributed by atoms with Crippen molar-refractivity contribution >= 4 is 21.1 Å². The zero-order valence-corrected chi connectivity index (χ0v) is 13.4. The normalized spacial score (nSPS) is 12.1. The Kier molecular flexibility index (Phi) is 4.53. The molecule has 0 fully saturated rings. The molecule has 0 aliphatic heterocycles. The molecule has 0 aliphatic carbocycles. The molecule has 0 amide bonds. The van der Waals surface area contributed by atoms with Gasteiger partial charge < -0.3 is 0 Å². The van der Waals surface area contributed by atoms with E-state index in [2.05, 4.69) is 11.6 Å². The van der Waals surface area contributed by atoms with Crippen molar-refractivity contribution in [2.45, 2.75) is 31.1 Å². The molecule has 0 spiro atoms. The van der Waals surface area contributed by atoms with Gasteiger partial charge in [0.05, 0.1) is 15.9 Å². The summed E-state index contributed by atoms with van der Waals surface area (Å²) >= 11 is 0. The van der Waals surface area contributed by atoms with Gasteiger partial charge in [0, 0.05) is 20.6 Å². The summed E-state index contributed by atoms with van der Waals surface area (Å²) in [6.07, 6.45) is 2.86. The van der Waals surface area contributed by atoms with Crippen molar-refractivity contribution in [3.05, 3.63) is 28.7 Å². The largest absolute Gasteiger partial charge is 0.328 e. The Balaban J connectivity index is 2.34. The minimum absolute atomic E-state index is 0.171. The Morgan fingerprint density at radius 1 is 1.10 bits per heavy atom. The maximum absolute atomic E-state index is 12.2. The summed E-state index contributed by atoms with van der Waals surface area (Å²) in [4.78, 5) is 12.0. The van der Waals surface area contributed by atoms with Gasteiger partial charge in [-0.1, -0.05) is 19.8 Å². The lowest BCUT2D eigenvalue weighted by Gasteiger charge is -2.07. The summed E-state index contributed by atoms with van der Waals surface area (Å²) in [7, 11) is -0.224. The summed E-state index contributed by atoms with van der Waals surface area (Å²) in [5, 5.41) is 0. The van der Waals surface area contributed by atoms with Gasteiger partial charge in [-0.3, -0.25) is 9.13 Å². The van der Waals surface area contributed by atoms with Crippen molar-refractivity contribution in [3.8, 4) is 0 Å². The van der Waals surface area contributed by atoms with Crippen LogP contribution >= 0.6 is 0 Å². The second-order valence-corrected chi connectivity index (χ2v) is 6.92. The lowest BCUT2D eigenvalue weighted by molar-refractivity contribution is 0.576. The number of fused-ring (bicyclic) bond motifs is 1. The zero-order valence-electron chi connectivity index (χ0n) is 12.6. The smallest absolute Gasteiger partial charge is 0.295 e. The van der Waals surface area contributed by atoms with Crippen molar-refractivity contribution in [2.75, 3.05) is 6.54 Å². The number of hydrogen-bond donors (Lipinski definition) is 1. The number of sulfonamides is 1. The fraction of sp³-hybridized carbons (Fsp3) is 0.500. The van der Waals surface area contributed by atoms with Crippen LogP contribution in [-0.2, 0) is 24.1 Å². The average molecular weight is 311 g/mol. The fourth-order valence-electron chi connectivity index (χ4n) is 2.32. The van der Waals surface area contributed by atoms with Crippen LogP contribution in [0.3, 0.4) is 0 Å². The van der Waals surface area contributed by atoms with E-state index in [1.54, 1.807) is 26.2 Å². The number of benzene rings is 1. The molecular weight excluding hydrogens is 290 g/mol. The first-order valence-corrected chi connectivity index (χ1v) is 8.52. The van der Waals surface area contributed by atoms with E-state index in [0.29, 0.717) is 17.6 Å². The molecule has 7 heteroatoms. The van der Waals surface area contributed by atoms with Gasteiger partial charge in [0.1, 0.15) is 0 Å². The number of nitrogens with one attached hydrogen (secondary N) is 1. The second-order valence-electron chi connectivity index (χ2n) is 5.16. The molecular formula is C14H21N3O3S. The lowest BCUT2D eigenvalue weighted by atomic mass is 10.3. The Bertz CT molecular complexity index is 803. The number of unbranched alkanes of at least 4 members (excludes halogenated alkanes) is 2. The quantitative estimate of drug-likeness (QED) is 0.818. The van der Waals surface area contributed by atoms with Crippen LogP contribution in [0.15, 0.2) is 27.9 Å². The summed E-state index contributed by atoms with van der Waals surface area (Å²) in [5.74, 6) is 0. The Labute approximate surface area is 124 Å². The van der Waals surface area contributed by atoms with Gasteiger partial charge >= 0.3 is 5.69 Å². The lowest BCUT2D eigenvalue weighted by Crippen LogP contribution is -2.24. The van der Waals surface area contributed by atoms with E-state index in [-0.39, 0.29) is 10.6 Å². The van der Waals surface area contributed by atoms with Crippen LogP contribution in [0.5, 0.6) is 0 Å². The number of aryl methyl sites for hydroxylation is 2. The van der Waals surface area contributed by atoms with Crippen LogP contribution in [0, 0.1) is 0 Å². The predicted octanol–water partition coefficient (Wildman–Crippen LogP) is 1.35. The maximum atomic E-state index is 12.2. The van der Waals surface area contributed by atoms with Crippen molar-refractivity contribution < 1.29 is 8.42 Å². The highest BCUT2D eigenvalue weighted by atomic mass is 32.2. The highest BCUT2D eigenvalue weighted by Crippen LogP contribution is 2.17. The van der Waals surface area contributed by atoms with Gasteiger partial charge in [0.15, 0.2) is 0 Å². The number of nitrogens with zero attached hydrogens (tertiary/aromatic N) is 2. The van der Waals surface area contributed by atoms with Crippen LogP contribution < -0.4 is 10.4 Å². The van der Waals surface area contributed by atoms with E-state index in [0.717, 1.165) is 19.3 Å². The second kappa shape index (κ2) is 6.03. The summed E-state index contributed by atoms with van der Waals surface area (Å²) in [6.45, 7) is 2.50. The first-order valence-electron chi connectivity index (χ1n) is 7.03. The molecule has 1 N–H and O–H groups in total. The van der Waals surface area contributed by atoms with E-state index < -0.39 is 10.0 Å². The molecule has 1 heterocycles. The molecule has 0 radical (unpaired) electrons. The highest BCUT2D eigenvalue weighted by Gasteiger charge is 2.16. The SMILES string of the molecule is CCCCCNS(=O)(=O)c1ccc2c(c1)n(C)c(=O)n2C. The number of imidazole rings is 1. The molecule has 116 valence electrons. The van der Waals surface area contributed by atoms with E-state index in [1.165, 1.54) is 15.2 Å². The predicted molar refractivity (Wildman–Crippen MR) is 82.9 cm³/mol. The molecule has 1 aromatic carbocycles. The zero-order chi connectivity index (χ0) is 15.6. The molecule has 0 saturated carbocycles. The van der Waals surface area contributed by atoms with E-state index >= 15 is 0 Å². The number of rotatable bonds is 6. The Morgan fingerprint density at radius 3 is 2.43 bits per heavy atom. The minimum atomic E-state index is -3.53. The molecule has 0 bridgehead atoms. The molecule has 1 aromatic heterocycles. The standard InChI is InChI=1S/C14H21N3O3S/c1-4-5-6-9-15-21(19,20)11-7-8-12-13(10-11)17(3)14(18)16(12)2/h7-8,10,15H,4-6,9H2,1-3H3. The number of hydrogen-bond acceptors (Lipinski definition) is 3. The van der Waals surface area contributed by atoms with Crippen LogP contribution in [-0.4, -0.2) is 24.1 Å². The fourth-order valence-corrected chi connectivity index (χ4v) is 3.41. The number of aromatic nitrogens is 2. The topological polar surface area (TPSA) is 73.1 Å². The van der Waals surface area contributed by atoms with Crippen molar-refractivity contribution in [3.63, 3.8) is 0 Å². The first kappa shape index (κ1) is 15.8. The van der Waals surface area contributed by atoms with Gasteiger partial charge in [0.2, 0.25) is 10.0 Å². The van der Waals surface area contributed by atoms with Crippen LogP contribution in [0.4, 0.5) is 0 Å². The molecule has 0 atom stereocenters. The third-order valence-electron chi connectivity index (χ3n) is 3.63. The molecule has 0 saturated heterocycles. The van der Waals surface area contributed by atoms with Gasteiger partial charge in [-0.15, -0.1) is 0 Å². The summed E-state index contributed by atoms with van der Waals surface area (Å²) in [6, 6.07) is 4.74. The van der Waals surface area contributed by atoms with Crippen molar-refractivity contribution in [2.24, 2.45) is 14.1 Å². The van der Waals surface area contributed by atoms with Crippen molar-refractivity contribution in [1.29, 1.82) is 0 Å². The molecule has 6 nitrogen and oxygen atoms in total. The third-order valence-corrected chi connectivity index (χ3v) is 5.08. The third kappa shape index (κ3) is 3.03. The molecule has 0 unspecified atom stereocenters. The van der Waals surface area contributed by atoms with Crippen LogP contribution in [0.1, 0.15) is 26.2 Å². The molecule has 2 rings (SSSR count). The van der Waals surface area contributed by atoms with E-state index in [9.17, 15) is 13.2 Å². The minimum Gasteiger partial charge on any atom is -0.295 e. The average Bonchev–Trinajstić information content (AvgIpc) is 2.68.